The number of fused-ring (bicyclic) bond motifs is 1. The summed E-state index contributed by atoms with van der Waals surface area (Å²) in [6.07, 6.45) is -4.64. The SMILES string of the molecule is Cn1nc(C(CCCC(F)(F)F)NN)c2ccccc21. The number of aromatic nitrogens is 2. The summed E-state index contributed by atoms with van der Waals surface area (Å²) in [5.74, 6) is 5.47. The van der Waals surface area contributed by atoms with Gasteiger partial charge in [-0.3, -0.25) is 16.0 Å². The van der Waals surface area contributed by atoms with Gasteiger partial charge < -0.3 is 0 Å². The van der Waals surface area contributed by atoms with Crippen LogP contribution in [0.1, 0.15) is 31.0 Å². The van der Waals surface area contributed by atoms with E-state index in [2.05, 4.69) is 10.5 Å². The highest BCUT2D eigenvalue weighted by atomic mass is 19.4. The van der Waals surface area contributed by atoms with Gasteiger partial charge in [0.1, 0.15) is 0 Å². The fourth-order valence-corrected chi connectivity index (χ4v) is 2.30. The van der Waals surface area contributed by atoms with Crippen LogP contribution in [0.2, 0.25) is 0 Å². The summed E-state index contributed by atoms with van der Waals surface area (Å²) < 4.78 is 38.3. The number of rotatable bonds is 5. The first-order valence-corrected chi connectivity index (χ1v) is 6.37. The number of para-hydroxylation sites is 1. The van der Waals surface area contributed by atoms with E-state index >= 15 is 0 Å². The Kier molecular flexibility index (Phi) is 4.29. The second kappa shape index (κ2) is 5.80. The van der Waals surface area contributed by atoms with Crippen LogP contribution >= 0.6 is 0 Å². The Hall–Kier alpha value is -1.60. The Morgan fingerprint density at radius 1 is 1.35 bits per heavy atom. The molecule has 0 radical (unpaired) electrons. The van der Waals surface area contributed by atoms with Crippen molar-refractivity contribution >= 4 is 10.9 Å². The number of benzene rings is 1. The van der Waals surface area contributed by atoms with Gasteiger partial charge >= 0.3 is 6.18 Å². The third-order valence-electron chi connectivity index (χ3n) is 3.27. The number of hydrazine groups is 1. The fraction of sp³-hybridized carbons (Fsp3) is 0.462. The van der Waals surface area contributed by atoms with Crippen molar-refractivity contribution in [2.75, 3.05) is 0 Å². The molecule has 0 spiro atoms. The zero-order chi connectivity index (χ0) is 14.8. The van der Waals surface area contributed by atoms with Crippen LogP contribution < -0.4 is 11.3 Å². The highest BCUT2D eigenvalue weighted by molar-refractivity contribution is 5.82. The smallest absolute Gasteiger partial charge is 0.271 e. The Morgan fingerprint density at radius 3 is 2.70 bits per heavy atom. The summed E-state index contributed by atoms with van der Waals surface area (Å²) in [6, 6.07) is 7.18. The van der Waals surface area contributed by atoms with E-state index in [1.165, 1.54) is 0 Å². The van der Waals surface area contributed by atoms with Crippen molar-refractivity contribution in [2.45, 2.75) is 31.5 Å². The van der Waals surface area contributed by atoms with Gasteiger partial charge in [0.2, 0.25) is 0 Å². The molecular weight excluding hydrogens is 269 g/mol. The van der Waals surface area contributed by atoms with Crippen LogP contribution in [-0.2, 0) is 7.05 Å². The minimum Gasteiger partial charge on any atom is -0.271 e. The summed E-state index contributed by atoms with van der Waals surface area (Å²) in [4.78, 5) is 0. The third-order valence-corrected chi connectivity index (χ3v) is 3.27. The molecule has 20 heavy (non-hydrogen) atoms. The van der Waals surface area contributed by atoms with Crippen LogP contribution in [0.25, 0.3) is 10.9 Å². The van der Waals surface area contributed by atoms with Crippen molar-refractivity contribution in [1.29, 1.82) is 0 Å². The first-order chi connectivity index (χ1) is 9.42. The molecule has 1 aromatic carbocycles. The molecule has 1 unspecified atom stereocenters. The zero-order valence-corrected chi connectivity index (χ0v) is 11.1. The molecule has 2 aromatic rings. The Labute approximate surface area is 114 Å². The van der Waals surface area contributed by atoms with Gasteiger partial charge in [0, 0.05) is 18.9 Å². The summed E-state index contributed by atoms with van der Waals surface area (Å²) in [7, 11) is 1.80. The van der Waals surface area contributed by atoms with E-state index in [1.807, 2.05) is 24.3 Å². The second-order valence-electron chi connectivity index (χ2n) is 4.75. The molecule has 4 nitrogen and oxygen atoms in total. The second-order valence-corrected chi connectivity index (χ2v) is 4.75. The highest BCUT2D eigenvalue weighted by Gasteiger charge is 2.27. The predicted octanol–water partition coefficient (Wildman–Crippen LogP) is 2.81. The van der Waals surface area contributed by atoms with E-state index in [4.69, 9.17) is 5.84 Å². The Morgan fingerprint density at radius 2 is 2.05 bits per heavy atom. The summed E-state index contributed by atoms with van der Waals surface area (Å²) in [6.45, 7) is 0. The largest absolute Gasteiger partial charge is 0.389 e. The molecule has 1 atom stereocenters. The lowest BCUT2D eigenvalue weighted by atomic mass is 10.0. The van der Waals surface area contributed by atoms with E-state index < -0.39 is 12.6 Å². The van der Waals surface area contributed by atoms with Gasteiger partial charge in [0.25, 0.3) is 0 Å². The number of nitrogens with one attached hydrogen (secondary N) is 1. The van der Waals surface area contributed by atoms with Crippen molar-refractivity contribution in [3.8, 4) is 0 Å². The molecule has 110 valence electrons. The Balaban J connectivity index is 2.17. The minimum absolute atomic E-state index is 0.0171. The zero-order valence-electron chi connectivity index (χ0n) is 11.1. The van der Waals surface area contributed by atoms with Crippen molar-refractivity contribution in [3.05, 3.63) is 30.0 Å². The average molecular weight is 286 g/mol. The fourth-order valence-electron chi connectivity index (χ4n) is 2.30. The number of nitrogens with two attached hydrogens (primary N) is 1. The Bertz CT molecular complexity index is 576. The molecule has 3 N–H and O–H groups in total. The van der Waals surface area contributed by atoms with E-state index in [-0.39, 0.29) is 18.9 Å². The minimum atomic E-state index is -4.13. The van der Waals surface area contributed by atoms with Gasteiger partial charge in [-0.25, -0.2) is 0 Å². The maximum Gasteiger partial charge on any atom is 0.389 e. The molecule has 0 amide bonds. The van der Waals surface area contributed by atoms with Gasteiger partial charge in [-0.15, -0.1) is 0 Å². The normalized spacial score (nSPS) is 13.8. The van der Waals surface area contributed by atoms with Crippen LogP contribution in [-0.4, -0.2) is 16.0 Å². The van der Waals surface area contributed by atoms with Gasteiger partial charge in [-0.1, -0.05) is 18.2 Å². The number of aryl methyl sites for hydroxylation is 1. The number of hydrogen-bond acceptors (Lipinski definition) is 3. The molecule has 0 saturated carbocycles. The van der Waals surface area contributed by atoms with Crippen molar-refractivity contribution < 1.29 is 13.2 Å². The quantitative estimate of drug-likeness (QED) is 0.656. The van der Waals surface area contributed by atoms with Crippen molar-refractivity contribution in [2.24, 2.45) is 12.9 Å². The van der Waals surface area contributed by atoms with Crippen molar-refractivity contribution in [3.63, 3.8) is 0 Å². The summed E-state index contributed by atoms with van der Waals surface area (Å²) >= 11 is 0. The molecule has 0 aliphatic heterocycles. The van der Waals surface area contributed by atoms with Gasteiger partial charge in [0.15, 0.2) is 0 Å². The molecule has 0 fully saturated rings. The average Bonchev–Trinajstić information content (AvgIpc) is 2.72. The maximum atomic E-state index is 12.2. The standard InChI is InChI=1S/C13H17F3N4/c1-20-11-7-3-2-5-9(11)12(19-20)10(18-17)6-4-8-13(14,15)16/h2-3,5,7,10,18H,4,6,8,17H2,1H3. The summed E-state index contributed by atoms with van der Waals surface area (Å²) in [5, 5.41) is 5.28. The predicted molar refractivity (Wildman–Crippen MR) is 70.7 cm³/mol. The maximum absolute atomic E-state index is 12.2. The van der Waals surface area contributed by atoms with Crippen LogP contribution in [0.5, 0.6) is 0 Å². The number of halogens is 3. The topological polar surface area (TPSA) is 55.9 Å². The van der Waals surface area contributed by atoms with Crippen LogP contribution in [0, 0.1) is 0 Å². The van der Waals surface area contributed by atoms with Gasteiger partial charge in [-0.05, 0) is 18.9 Å². The molecule has 1 aromatic heterocycles. The van der Waals surface area contributed by atoms with Crippen LogP contribution in [0.3, 0.4) is 0 Å². The molecule has 0 saturated heterocycles. The number of nitrogens with zero attached hydrogens (tertiary/aromatic N) is 2. The third kappa shape index (κ3) is 3.29. The first kappa shape index (κ1) is 14.8. The van der Waals surface area contributed by atoms with E-state index in [1.54, 1.807) is 11.7 Å². The molecular formula is C13H17F3N4. The lowest BCUT2D eigenvalue weighted by molar-refractivity contribution is -0.135. The molecule has 0 aliphatic carbocycles. The monoisotopic (exact) mass is 286 g/mol. The molecule has 0 bridgehead atoms. The van der Waals surface area contributed by atoms with E-state index in [9.17, 15) is 13.2 Å². The molecule has 2 rings (SSSR count). The molecule has 0 aliphatic rings. The van der Waals surface area contributed by atoms with E-state index in [0.717, 1.165) is 10.9 Å². The number of alkyl halides is 3. The summed E-state index contributed by atoms with van der Waals surface area (Å²) in [5.41, 5.74) is 4.18. The highest BCUT2D eigenvalue weighted by Crippen LogP contribution is 2.28. The van der Waals surface area contributed by atoms with Crippen LogP contribution in [0.4, 0.5) is 13.2 Å². The van der Waals surface area contributed by atoms with Gasteiger partial charge in [0.05, 0.1) is 17.3 Å². The van der Waals surface area contributed by atoms with Crippen LogP contribution in [0.15, 0.2) is 24.3 Å². The first-order valence-electron chi connectivity index (χ1n) is 6.37. The van der Waals surface area contributed by atoms with E-state index in [0.29, 0.717) is 5.69 Å². The molecule has 1 heterocycles. The number of hydrogen-bond donors (Lipinski definition) is 2. The molecule has 7 heteroatoms. The lowest BCUT2D eigenvalue weighted by Gasteiger charge is -2.14. The van der Waals surface area contributed by atoms with Crippen molar-refractivity contribution in [1.82, 2.24) is 15.2 Å². The van der Waals surface area contributed by atoms with Gasteiger partial charge in [-0.2, -0.15) is 18.3 Å². The lowest BCUT2D eigenvalue weighted by Crippen LogP contribution is -2.29.